The molecule has 0 bridgehead atoms. The van der Waals surface area contributed by atoms with E-state index < -0.39 is 5.97 Å². The van der Waals surface area contributed by atoms with Crippen molar-refractivity contribution in [3.8, 4) is 0 Å². The van der Waals surface area contributed by atoms with E-state index in [0.29, 0.717) is 12.5 Å². The second-order valence-electron chi connectivity index (χ2n) is 5.85. The first-order chi connectivity index (χ1) is 9.15. The molecule has 2 unspecified atom stereocenters. The number of hydrogen-bond acceptors (Lipinski definition) is 2. The van der Waals surface area contributed by atoms with Gasteiger partial charge in [0.05, 0.1) is 5.92 Å². The Bertz CT molecular complexity index is 327. The zero-order valence-corrected chi connectivity index (χ0v) is 11.4. The van der Waals surface area contributed by atoms with Crippen molar-refractivity contribution in [2.24, 2.45) is 5.92 Å². The fourth-order valence-corrected chi connectivity index (χ4v) is 3.20. The molecule has 0 radical (unpaired) electrons. The number of carboxylic acids is 1. The third-order valence-electron chi connectivity index (χ3n) is 4.30. The molecule has 2 aliphatic carbocycles. The predicted molar refractivity (Wildman–Crippen MR) is 71.9 cm³/mol. The largest absolute Gasteiger partial charge is 0.481 e. The number of carbonyl (C=O) groups excluding carboxylic acids is 1. The summed E-state index contributed by atoms with van der Waals surface area (Å²) < 4.78 is 0. The van der Waals surface area contributed by atoms with Crippen LogP contribution in [0.25, 0.3) is 0 Å². The van der Waals surface area contributed by atoms with E-state index in [1.165, 1.54) is 19.3 Å². The molecule has 2 amide bonds. The minimum atomic E-state index is -0.737. The fraction of sp³-hybridized carbons (Fsp3) is 0.857. The molecule has 0 aromatic rings. The minimum absolute atomic E-state index is 0.0124. The van der Waals surface area contributed by atoms with Crippen LogP contribution in [0.4, 0.5) is 4.79 Å². The summed E-state index contributed by atoms with van der Waals surface area (Å²) in [5, 5.41) is 15.0. The Balaban J connectivity index is 1.73. The van der Waals surface area contributed by atoms with E-state index >= 15 is 0 Å². The Kier molecular flexibility index (Phi) is 5.05. The van der Waals surface area contributed by atoms with Crippen molar-refractivity contribution in [1.82, 2.24) is 10.6 Å². The van der Waals surface area contributed by atoms with Crippen LogP contribution in [0.2, 0.25) is 0 Å². The predicted octanol–water partition coefficient (Wildman–Crippen LogP) is 2.26. The Morgan fingerprint density at radius 2 is 1.47 bits per heavy atom. The first kappa shape index (κ1) is 14.2. The first-order valence-corrected chi connectivity index (χ1v) is 7.45. The van der Waals surface area contributed by atoms with E-state index in [1.807, 2.05) is 0 Å². The summed E-state index contributed by atoms with van der Waals surface area (Å²) in [4.78, 5) is 22.9. The molecule has 3 N–H and O–H groups in total. The molecule has 0 saturated heterocycles. The lowest BCUT2D eigenvalue weighted by molar-refractivity contribution is -0.143. The lowest BCUT2D eigenvalue weighted by Crippen LogP contribution is -2.48. The van der Waals surface area contributed by atoms with Gasteiger partial charge in [-0.15, -0.1) is 0 Å². The SMILES string of the molecule is O=C(NC1CCCCC1)NC1CCCC(C(=O)O)C1. The molecule has 0 aromatic carbocycles. The second-order valence-corrected chi connectivity index (χ2v) is 5.85. The third-order valence-corrected chi connectivity index (χ3v) is 4.30. The van der Waals surface area contributed by atoms with Gasteiger partial charge in [0.2, 0.25) is 0 Å². The van der Waals surface area contributed by atoms with Crippen molar-refractivity contribution >= 4 is 12.0 Å². The van der Waals surface area contributed by atoms with Crippen LogP contribution in [0.5, 0.6) is 0 Å². The Morgan fingerprint density at radius 3 is 2.16 bits per heavy atom. The number of urea groups is 1. The van der Waals surface area contributed by atoms with Gasteiger partial charge in [0.1, 0.15) is 0 Å². The summed E-state index contributed by atoms with van der Waals surface area (Å²) in [7, 11) is 0. The highest BCUT2D eigenvalue weighted by molar-refractivity contribution is 5.75. The average Bonchev–Trinajstić information content (AvgIpc) is 2.40. The summed E-state index contributed by atoms with van der Waals surface area (Å²) in [6, 6.07) is 0.189. The van der Waals surface area contributed by atoms with Gasteiger partial charge in [-0.2, -0.15) is 0 Å². The molecule has 2 fully saturated rings. The highest BCUT2D eigenvalue weighted by atomic mass is 16.4. The summed E-state index contributed by atoms with van der Waals surface area (Å²) in [5.74, 6) is -1.03. The van der Waals surface area contributed by atoms with Crippen molar-refractivity contribution in [3.63, 3.8) is 0 Å². The maximum atomic E-state index is 11.9. The van der Waals surface area contributed by atoms with Crippen molar-refractivity contribution < 1.29 is 14.7 Å². The topological polar surface area (TPSA) is 78.4 Å². The number of rotatable bonds is 3. The van der Waals surface area contributed by atoms with Crippen LogP contribution < -0.4 is 10.6 Å². The normalized spacial score (nSPS) is 28.6. The van der Waals surface area contributed by atoms with Crippen LogP contribution >= 0.6 is 0 Å². The van der Waals surface area contributed by atoms with Gasteiger partial charge < -0.3 is 15.7 Å². The molecule has 2 saturated carbocycles. The van der Waals surface area contributed by atoms with E-state index in [-0.39, 0.29) is 18.0 Å². The van der Waals surface area contributed by atoms with Gasteiger partial charge in [-0.3, -0.25) is 4.79 Å². The minimum Gasteiger partial charge on any atom is -0.481 e. The standard InChI is InChI=1S/C14H24N2O3/c17-13(18)10-5-4-8-12(9-10)16-14(19)15-11-6-2-1-3-7-11/h10-12H,1-9H2,(H,17,18)(H2,15,16,19). The van der Waals surface area contributed by atoms with Crippen LogP contribution in [0.3, 0.4) is 0 Å². The molecular formula is C14H24N2O3. The van der Waals surface area contributed by atoms with E-state index in [1.54, 1.807) is 0 Å². The monoisotopic (exact) mass is 268 g/mol. The maximum Gasteiger partial charge on any atom is 0.315 e. The number of carboxylic acid groups (broad SMARTS) is 1. The van der Waals surface area contributed by atoms with Crippen LogP contribution in [0, 0.1) is 5.92 Å². The average molecular weight is 268 g/mol. The molecular weight excluding hydrogens is 244 g/mol. The fourth-order valence-electron chi connectivity index (χ4n) is 3.20. The van der Waals surface area contributed by atoms with Gasteiger partial charge in [0, 0.05) is 12.1 Å². The number of carbonyl (C=O) groups is 2. The van der Waals surface area contributed by atoms with E-state index in [9.17, 15) is 9.59 Å². The van der Waals surface area contributed by atoms with Crippen molar-refractivity contribution in [2.45, 2.75) is 69.9 Å². The van der Waals surface area contributed by atoms with Gasteiger partial charge >= 0.3 is 12.0 Å². The molecule has 0 heterocycles. The smallest absolute Gasteiger partial charge is 0.315 e. The van der Waals surface area contributed by atoms with Crippen molar-refractivity contribution in [2.75, 3.05) is 0 Å². The van der Waals surface area contributed by atoms with Gasteiger partial charge in [0.25, 0.3) is 0 Å². The van der Waals surface area contributed by atoms with Gasteiger partial charge in [0.15, 0.2) is 0 Å². The summed E-state index contributed by atoms with van der Waals surface area (Å²) >= 11 is 0. The lowest BCUT2D eigenvalue weighted by Gasteiger charge is -2.29. The maximum absolute atomic E-state index is 11.9. The highest BCUT2D eigenvalue weighted by Crippen LogP contribution is 2.24. The van der Waals surface area contributed by atoms with E-state index in [4.69, 9.17) is 5.11 Å². The molecule has 0 aromatic heterocycles. The molecule has 5 heteroatoms. The molecule has 0 aliphatic heterocycles. The Morgan fingerprint density at radius 1 is 0.842 bits per heavy atom. The summed E-state index contributed by atoms with van der Waals surface area (Å²) in [6.07, 6.45) is 8.84. The number of hydrogen-bond donors (Lipinski definition) is 3. The van der Waals surface area contributed by atoms with Gasteiger partial charge in [-0.25, -0.2) is 4.79 Å². The molecule has 2 rings (SSSR count). The Labute approximate surface area is 114 Å². The first-order valence-electron chi connectivity index (χ1n) is 7.45. The van der Waals surface area contributed by atoms with Gasteiger partial charge in [-0.1, -0.05) is 25.7 Å². The van der Waals surface area contributed by atoms with Crippen LogP contribution in [-0.2, 0) is 4.79 Å². The molecule has 108 valence electrons. The Hall–Kier alpha value is -1.26. The van der Waals surface area contributed by atoms with Crippen molar-refractivity contribution in [3.05, 3.63) is 0 Å². The van der Waals surface area contributed by atoms with Crippen LogP contribution in [0.1, 0.15) is 57.8 Å². The molecule has 19 heavy (non-hydrogen) atoms. The van der Waals surface area contributed by atoms with Crippen molar-refractivity contribution in [1.29, 1.82) is 0 Å². The van der Waals surface area contributed by atoms with E-state index in [0.717, 1.165) is 32.1 Å². The number of aliphatic carboxylic acids is 1. The van der Waals surface area contributed by atoms with Gasteiger partial charge in [-0.05, 0) is 32.1 Å². The molecule has 5 nitrogen and oxygen atoms in total. The molecule has 0 spiro atoms. The quantitative estimate of drug-likeness (QED) is 0.734. The lowest BCUT2D eigenvalue weighted by atomic mass is 9.86. The number of amides is 2. The zero-order valence-electron chi connectivity index (χ0n) is 11.4. The van der Waals surface area contributed by atoms with E-state index in [2.05, 4.69) is 10.6 Å². The number of nitrogens with one attached hydrogen (secondary N) is 2. The zero-order chi connectivity index (χ0) is 13.7. The molecule has 2 atom stereocenters. The molecule has 2 aliphatic rings. The second kappa shape index (κ2) is 6.78. The summed E-state index contributed by atoms with van der Waals surface area (Å²) in [5.41, 5.74) is 0. The highest BCUT2D eigenvalue weighted by Gasteiger charge is 2.28. The van der Waals surface area contributed by atoms with Crippen LogP contribution in [0.15, 0.2) is 0 Å². The third kappa shape index (κ3) is 4.40. The van der Waals surface area contributed by atoms with Crippen LogP contribution in [-0.4, -0.2) is 29.2 Å². The summed E-state index contributed by atoms with van der Waals surface area (Å²) in [6.45, 7) is 0.